The average Bonchev–Trinajstić information content (AvgIpc) is 2.40. The van der Waals surface area contributed by atoms with Crippen LogP contribution in [0.15, 0.2) is 36.5 Å². The lowest BCUT2D eigenvalue weighted by Gasteiger charge is -2.10. The predicted molar refractivity (Wildman–Crippen MR) is 86.4 cm³/mol. The molecule has 6 heteroatoms. The van der Waals surface area contributed by atoms with Gasteiger partial charge in [0.1, 0.15) is 0 Å². The third-order valence-electron chi connectivity index (χ3n) is 2.61. The fraction of sp³-hybridized carbons (Fsp3) is 0.0714. The number of nitrogens with zero attached hydrogens (tertiary/aromatic N) is 1. The smallest absolute Gasteiger partial charge is 0.255 e. The fourth-order valence-corrected chi connectivity index (χ4v) is 2.41. The maximum atomic E-state index is 12.2. The van der Waals surface area contributed by atoms with E-state index in [0.717, 1.165) is 3.57 Å². The van der Waals surface area contributed by atoms with Crippen molar-refractivity contribution in [2.75, 3.05) is 5.32 Å². The van der Waals surface area contributed by atoms with Gasteiger partial charge in [0.05, 0.1) is 5.69 Å². The molecule has 0 bridgehead atoms. The van der Waals surface area contributed by atoms with Gasteiger partial charge in [-0.25, -0.2) is 4.98 Å². The number of benzene rings is 1. The van der Waals surface area contributed by atoms with Crippen LogP contribution in [0.4, 0.5) is 5.69 Å². The number of Topliss-reactive ketones (excluding diaryl/α,β-unsaturated/α-hetero) is 1. The largest absolute Gasteiger partial charge is 0.319 e. The van der Waals surface area contributed by atoms with Crippen LogP contribution < -0.4 is 5.32 Å². The summed E-state index contributed by atoms with van der Waals surface area (Å²) in [5.41, 5.74) is 1.07. The van der Waals surface area contributed by atoms with E-state index in [4.69, 9.17) is 11.6 Å². The van der Waals surface area contributed by atoms with Crippen molar-refractivity contribution in [3.63, 3.8) is 0 Å². The van der Waals surface area contributed by atoms with Crippen LogP contribution in [0, 0.1) is 3.57 Å². The zero-order chi connectivity index (χ0) is 14.7. The number of halogens is 2. The molecule has 20 heavy (non-hydrogen) atoms. The van der Waals surface area contributed by atoms with E-state index >= 15 is 0 Å². The molecule has 0 unspecified atom stereocenters. The number of hydrogen-bond acceptors (Lipinski definition) is 3. The Balaban J connectivity index is 2.35. The van der Waals surface area contributed by atoms with Gasteiger partial charge in [-0.15, -0.1) is 0 Å². The molecule has 1 amide bonds. The summed E-state index contributed by atoms with van der Waals surface area (Å²) in [6.07, 6.45) is 1.43. The maximum Gasteiger partial charge on any atom is 0.255 e. The van der Waals surface area contributed by atoms with Gasteiger partial charge in [-0.05, 0) is 53.8 Å². The first kappa shape index (κ1) is 14.9. The van der Waals surface area contributed by atoms with Crippen LogP contribution in [0.3, 0.4) is 0 Å². The highest BCUT2D eigenvalue weighted by atomic mass is 127. The molecule has 0 spiro atoms. The summed E-state index contributed by atoms with van der Waals surface area (Å²) in [5.74, 6) is -0.520. The summed E-state index contributed by atoms with van der Waals surface area (Å²) in [6, 6.07) is 8.63. The van der Waals surface area contributed by atoms with Crippen LogP contribution in [0.2, 0.25) is 5.15 Å². The van der Waals surface area contributed by atoms with Crippen molar-refractivity contribution in [3.8, 4) is 0 Å². The minimum atomic E-state index is -0.332. The highest BCUT2D eigenvalue weighted by molar-refractivity contribution is 14.1. The molecule has 1 heterocycles. The van der Waals surface area contributed by atoms with E-state index < -0.39 is 0 Å². The summed E-state index contributed by atoms with van der Waals surface area (Å²) >= 11 is 8.08. The number of anilines is 1. The number of amides is 1. The van der Waals surface area contributed by atoms with Crippen molar-refractivity contribution in [2.24, 2.45) is 0 Å². The van der Waals surface area contributed by atoms with Gasteiger partial charge >= 0.3 is 0 Å². The van der Waals surface area contributed by atoms with Gasteiger partial charge in [0.15, 0.2) is 10.9 Å². The molecule has 0 saturated heterocycles. The van der Waals surface area contributed by atoms with Crippen LogP contribution in [-0.4, -0.2) is 16.7 Å². The Labute approximate surface area is 134 Å². The van der Waals surface area contributed by atoms with Gasteiger partial charge in [0.25, 0.3) is 5.91 Å². The molecule has 0 aliphatic heterocycles. The molecule has 0 aliphatic rings. The molecule has 0 fully saturated rings. The molecule has 0 atom stereocenters. The highest BCUT2D eigenvalue weighted by Gasteiger charge is 2.15. The standard InChI is InChI=1S/C14H10ClIN2O2/c1-8(19)11-5-6-17-13(15)12(11)18-14(20)9-3-2-4-10(16)7-9/h2-7H,1H3,(H,18,20). The minimum absolute atomic E-state index is 0.0941. The zero-order valence-electron chi connectivity index (χ0n) is 10.5. The van der Waals surface area contributed by atoms with E-state index in [1.54, 1.807) is 18.2 Å². The number of carbonyl (C=O) groups excluding carboxylic acids is 2. The van der Waals surface area contributed by atoms with E-state index in [9.17, 15) is 9.59 Å². The Hall–Kier alpha value is -1.47. The number of rotatable bonds is 3. The maximum absolute atomic E-state index is 12.2. The Bertz CT molecular complexity index is 689. The number of ketones is 1. The van der Waals surface area contributed by atoms with Gasteiger partial charge in [0.2, 0.25) is 0 Å². The molecule has 0 radical (unpaired) electrons. The number of nitrogens with one attached hydrogen (secondary N) is 1. The third kappa shape index (κ3) is 3.34. The third-order valence-corrected chi connectivity index (χ3v) is 3.57. The van der Waals surface area contributed by atoms with Crippen molar-refractivity contribution < 1.29 is 9.59 Å². The Morgan fingerprint density at radius 3 is 2.70 bits per heavy atom. The van der Waals surface area contributed by atoms with E-state index in [0.29, 0.717) is 11.1 Å². The van der Waals surface area contributed by atoms with Gasteiger partial charge < -0.3 is 5.32 Å². The molecular formula is C14H10ClIN2O2. The molecule has 2 rings (SSSR count). The van der Waals surface area contributed by atoms with Gasteiger partial charge in [-0.3, -0.25) is 9.59 Å². The molecular weight excluding hydrogens is 391 g/mol. The summed E-state index contributed by atoms with van der Waals surface area (Å²) < 4.78 is 0.944. The first-order valence-corrected chi connectivity index (χ1v) is 7.17. The van der Waals surface area contributed by atoms with Gasteiger partial charge in [0, 0.05) is 20.9 Å². The Morgan fingerprint density at radius 1 is 1.30 bits per heavy atom. The van der Waals surface area contributed by atoms with E-state index in [1.807, 2.05) is 6.07 Å². The summed E-state index contributed by atoms with van der Waals surface area (Å²) in [4.78, 5) is 27.6. The van der Waals surface area contributed by atoms with Gasteiger partial charge in [-0.2, -0.15) is 0 Å². The molecule has 4 nitrogen and oxygen atoms in total. The second-order valence-corrected chi connectivity index (χ2v) is 5.65. The van der Waals surface area contributed by atoms with E-state index in [2.05, 4.69) is 32.9 Å². The number of hydrogen-bond donors (Lipinski definition) is 1. The molecule has 102 valence electrons. The minimum Gasteiger partial charge on any atom is -0.319 e. The topological polar surface area (TPSA) is 59.1 Å². The van der Waals surface area contributed by atoms with Crippen LogP contribution in [-0.2, 0) is 0 Å². The van der Waals surface area contributed by atoms with Crippen molar-refractivity contribution >= 4 is 51.6 Å². The summed E-state index contributed by atoms with van der Waals surface area (Å²) in [7, 11) is 0. The molecule has 0 saturated carbocycles. The second-order valence-electron chi connectivity index (χ2n) is 4.04. The van der Waals surface area contributed by atoms with Crippen LogP contribution in [0.5, 0.6) is 0 Å². The molecule has 1 aromatic carbocycles. The molecule has 2 aromatic rings. The van der Waals surface area contributed by atoms with Crippen LogP contribution in [0.1, 0.15) is 27.6 Å². The second kappa shape index (κ2) is 6.32. The number of carbonyl (C=O) groups is 2. The van der Waals surface area contributed by atoms with E-state index in [-0.39, 0.29) is 22.5 Å². The van der Waals surface area contributed by atoms with Crippen LogP contribution >= 0.6 is 34.2 Å². The van der Waals surface area contributed by atoms with Crippen molar-refractivity contribution in [3.05, 3.63) is 56.4 Å². The first-order valence-electron chi connectivity index (χ1n) is 5.71. The number of aromatic nitrogens is 1. The lowest BCUT2D eigenvalue weighted by Crippen LogP contribution is -2.15. The predicted octanol–water partition coefficient (Wildman–Crippen LogP) is 3.79. The normalized spacial score (nSPS) is 10.2. The Morgan fingerprint density at radius 2 is 2.05 bits per heavy atom. The van der Waals surface area contributed by atoms with Crippen molar-refractivity contribution in [2.45, 2.75) is 6.92 Å². The lowest BCUT2D eigenvalue weighted by molar-refractivity contribution is 0.101. The molecule has 1 N–H and O–H groups in total. The van der Waals surface area contributed by atoms with Gasteiger partial charge in [-0.1, -0.05) is 17.7 Å². The summed E-state index contributed by atoms with van der Waals surface area (Å²) in [5, 5.41) is 2.74. The van der Waals surface area contributed by atoms with Crippen LogP contribution in [0.25, 0.3) is 0 Å². The lowest BCUT2D eigenvalue weighted by atomic mass is 10.1. The van der Waals surface area contributed by atoms with Crippen molar-refractivity contribution in [1.29, 1.82) is 0 Å². The Kier molecular flexibility index (Phi) is 4.72. The molecule has 1 aromatic heterocycles. The van der Waals surface area contributed by atoms with Crippen molar-refractivity contribution in [1.82, 2.24) is 4.98 Å². The first-order chi connectivity index (χ1) is 9.49. The zero-order valence-corrected chi connectivity index (χ0v) is 13.4. The fourth-order valence-electron chi connectivity index (χ4n) is 1.66. The highest BCUT2D eigenvalue weighted by Crippen LogP contribution is 2.24. The quantitative estimate of drug-likeness (QED) is 0.484. The molecule has 0 aliphatic carbocycles. The average molecular weight is 401 g/mol. The monoisotopic (exact) mass is 400 g/mol. The SMILES string of the molecule is CC(=O)c1ccnc(Cl)c1NC(=O)c1cccc(I)c1. The number of pyridine rings is 1. The summed E-state index contributed by atoms with van der Waals surface area (Å²) in [6.45, 7) is 1.41. The van der Waals surface area contributed by atoms with E-state index in [1.165, 1.54) is 19.2 Å².